The molecule has 188 valence electrons. The van der Waals surface area contributed by atoms with Gasteiger partial charge in [0.15, 0.2) is 0 Å². The monoisotopic (exact) mass is 481 g/mol. The van der Waals surface area contributed by atoms with Gasteiger partial charge in [0.2, 0.25) is 0 Å². The smallest absolute Gasteiger partial charge is 0.407 e. The van der Waals surface area contributed by atoms with Crippen LogP contribution in [0.25, 0.3) is 11.1 Å². The van der Waals surface area contributed by atoms with Crippen molar-refractivity contribution in [2.24, 2.45) is 0 Å². The average Bonchev–Trinajstić information content (AvgIpc) is 3.09. The first kappa shape index (κ1) is 26.1. The van der Waals surface area contributed by atoms with E-state index in [2.05, 4.69) is 22.8 Å². The van der Waals surface area contributed by atoms with E-state index in [-0.39, 0.29) is 18.9 Å². The van der Waals surface area contributed by atoms with E-state index in [0.717, 1.165) is 22.3 Å². The van der Waals surface area contributed by atoms with E-state index < -0.39 is 29.8 Å². The fourth-order valence-electron chi connectivity index (χ4n) is 4.25. The van der Waals surface area contributed by atoms with Crippen LogP contribution >= 0.6 is 0 Å². The summed E-state index contributed by atoms with van der Waals surface area (Å²) >= 11 is 0. The Morgan fingerprint density at radius 3 is 2.11 bits per heavy atom. The SMILES string of the molecule is CC(C)(C)OC(=O)NCCCC[C@@H](CC(=O)[O-])NC(=O)OCC1c2ccccc2-c2ccccc21. The maximum Gasteiger partial charge on any atom is 0.407 e. The highest BCUT2D eigenvalue weighted by atomic mass is 16.6. The molecule has 0 saturated heterocycles. The van der Waals surface area contributed by atoms with Crippen LogP contribution in [0.4, 0.5) is 9.59 Å². The summed E-state index contributed by atoms with van der Waals surface area (Å²) in [5.74, 6) is -1.33. The van der Waals surface area contributed by atoms with Crippen LogP contribution in [0.3, 0.4) is 0 Å². The van der Waals surface area contributed by atoms with E-state index in [0.29, 0.717) is 25.8 Å². The van der Waals surface area contributed by atoms with Gasteiger partial charge in [0.25, 0.3) is 0 Å². The van der Waals surface area contributed by atoms with Crippen LogP contribution in [-0.4, -0.2) is 43.0 Å². The lowest BCUT2D eigenvalue weighted by Crippen LogP contribution is -2.40. The summed E-state index contributed by atoms with van der Waals surface area (Å²) in [6.07, 6.45) is 0.135. The lowest BCUT2D eigenvalue weighted by molar-refractivity contribution is -0.306. The van der Waals surface area contributed by atoms with Crippen molar-refractivity contribution < 1.29 is 29.0 Å². The minimum absolute atomic E-state index is 0.0772. The second kappa shape index (κ2) is 11.7. The maximum absolute atomic E-state index is 12.5. The van der Waals surface area contributed by atoms with Gasteiger partial charge in [-0.1, -0.05) is 48.5 Å². The Kier molecular flexibility index (Phi) is 8.73. The second-order valence-electron chi connectivity index (χ2n) is 9.67. The summed E-state index contributed by atoms with van der Waals surface area (Å²) in [5, 5.41) is 16.5. The highest BCUT2D eigenvalue weighted by molar-refractivity contribution is 5.79. The summed E-state index contributed by atoms with van der Waals surface area (Å²) in [6, 6.07) is 15.5. The van der Waals surface area contributed by atoms with Gasteiger partial charge in [0, 0.05) is 30.9 Å². The molecule has 0 saturated carbocycles. The Labute approximate surface area is 206 Å². The number of fused-ring (bicyclic) bond motifs is 3. The normalized spacial score (nSPS) is 13.3. The number of rotatable bonds is 10. The van der Waals surface area contributed by atoms with Gasteiger partial charge in [0.1, 0.15) is 12.2 Å². The van der Waals surface area contributed by atoms with Crippen LogP contribution < -0.4 is 15.7 Å². The fourth-order valence-corrected chi connectivity index (χ4v) is 4.25. The lowest BCUT2D eigenvalue weighted by Gasteiger charge is -2.21. The van der Waals surface area contributed by atoms with Crippen LogP contribution in [0.15, 0.2) is 48.5 Å². The highest BCUT2D eigenvalue weighted by Gasteiger charge is 2.29. The lowest BCUT2D eigenvalue weighted by atomic mass is 9.98. The molecule has 8 heteroatoms. The Morgan fingerprint density at radius 2 is 1.54 bits per heavy atom. The first-order valence-corrected chi connectivity index (χ1v) is 11.9. The predicted octanol–water partition coefficient (Wildman–Crippen LogP) is 3.73. The fraction of sp³-hybridized carbons (Fsp3) is 0.444. The average molecular weight is 482 g/mol. The van der Waals surface area contributed by atoms with Crippen molar-refractivity contribution in [3.05, 3.63) is 59.7 Å². The van der Waals surface area contributed by atoms with E-state index >= 15 is 0 Å². The molecule has 0 bridgehead atoms. The van der Waals surface area contributed by atoms with Crippen molar-refractivity contribution in [1.82, 2.24) is 10.6 Å². The molecule has 2 amide bonds. The van der Waals surface area contributed by atoms with Gasteiger partial charge in [0.05, 0.1) is 0 Å². The molecule has 2 N–H and O–H groups in total. The van der Waals surface area contributed by atoms with Crippen molar-refractivity contribution >= 4 is 18.2 Å². The molecule has 3 rings (SSSR count). The van der Waals surface area contributed by atoms with Gasteiger partial charge < -0.3 is 30.0 Å². The van der Waals surface area contributed by atoms with E-state index in [4.69, 9.17) is 9.47 Å². The molecule has 0 unspecified atom stereocenters. The van der Waals surface area contributed by atoms with Crippen LogP contribution in [0.5, 0.6) is 0 Å². The van der Waals surface area contributed by atoms with Crippen molar-refractivity contribution in [3.8, 4) is 11.1 Å². The minimum Gasteiger partial charge on any atom is -0.550 e. The second-order valence-corrected chi connectivity index (χ2v) is 9.67. The molecule has 2 aromatic rings. The quantitative estimate of drug-likeness (QED) is 0.500. The van der Waals surface area contributed by atoms with E-state index in [1.807, 2.05) is 36.4 Å². The molecule has 1 aliphatic carbocycles. The number of hydrogen-bond acceptors (Lipinski definition) is 6. The molecule has 0 heterocycles. The first-order chi connectivity index (χ1) is 16.6. The van der Waals surface area contributed by atoms with Gasteiger partial charge >= 0.3 is 12.2 Å². The number of unbranched alkanes of at least 4 members (excludes halogenated alkanes) is 1. The molecule has 1 atom stereocenters. The Hall–Kier alpha value is -3.55. The molecule has 0 radical (unpaired) electrons. The Bertz CT molecular complexity index is 1000. The molecular weight excluding hydrogens is 448 g/mol. The third-order valence-electron chi connectivity index (χ3n) is 5.73. The van der Waals surface area contributed by atoms with Gasteiger partial charge in [-0.05, 0) is 62.3 Å². The minimum atomic E-state index is -1.25. The molecule has 0 spiro atoms. The molecule has 35 heavy (non-hydrogen) atoms. The Morgan fingerprint density at radius 1 is 0.943 bits per heavy atom. The first-order valence-electron chi connectivity index (χ1n) is 11.9. The maximum atomic E-state index is 12.5. The summed E-state index contributed by atoms with van der Waals surface area (Å²) in [6.45, 7) is 5.89. The van der Waals surface area contributed by atoms with Gasteiger partial charge in [-0.3, -0.25) is 0 Å². The van der Waals surface area contributed by atoms with Crippen molar-refractivity contribution in [1.29, 1.82) is 0 Å². The summed E-state index contributed by atoms with van der Waals surface area (Å²) < 4.78 is 10.7. The van der Waals surface area contributed by atoms with Crippen LogP contribution in [0.1, 0.15) is 63.5 Å². The summed E-state index contributed by atoms with van der Waals surface area (Å²) in [4.78, 5) is 35.4. The third-order valence-corrected chi connectivity index (χ3v) is 5.73. The molecule has 2 aromatic carbocycles. The van der Waals surface area contributed by atoms with Gasteiger partial charge in [-0.2, -0.15) is 0 Å². The largest absolute Gasteiger partial charge is 0.550 e. The zero-order valence-corrected chi connectivity index (χ0v) is 20.5. The van der Waals surface area contributed by atoms with Gasteiger partial charge in [-0.25, -0.2) is 9.59 Å². The molecule has 1 aliphatic rings. The molecule has 0 aromatic heterocycles. The standard InChI is InChI=1S/C27H34N2O6/c1-27(2,3)35-25(32)28-15-9-8-10-18(16-24(30)31)29-26(33)34-17-23-21-13-6-4-11-19(21)20-12-5-7-14-22(20)23/h4-7,11-14,18,23H,8-10,15-17H2,1-3H3,(H,28,32)(H,29,33)(H,30,31)/p-1/t18-/m0/s1. The highest BCUT2D eigenvalue weighted by Crippen LogP contribution is 2.44. The number of amides is 2. The van der Waals surface area contributed by atoms with Crippen LogP contribution in [0, 0.1) is 0 Å². The number of carboxylic acids is 1. The summed E-state index contributed by atoms with van der Waals surface area (Å²) in [5.41, 5.74) is 3.89. The molecule has 0 fully saturated rings. The number of ether oxygens (including phenoxy) is 2. The predicted molar refractivity (Wildman–Crippen MR) is 130 cm³/mol. The number of aliphatic carboxylic acids is 1. The number of benzene rings is 2. The number of carboxylic acid groups (broad SMARTS) is 1. The van der Waals surface area contributed by atoms with Crippen molar-refractivity contribution in [2.45, 2.75) is 64.0 Å². The van der Waals surface area contributed by atoms with E-state index in [9.17, 15) is 19.5 Å². The van der Waals surface area contributed by atoms with E-state index in [1.54, 1.807) is 20.8 Å². The zero-order valence-electron chi connectivity index (χ0n) is 20.5. The number of nitrogens with one attached hydrogen (secondary N) is 2. The van der Waals surface area contributed by atoms with Crippen LogP contribution in [-0.2, 0) is 14.3 Å². The van der Waals surface area contributed by atoms with E-state index in [1.165, 1.54) is 0 Å². The topological polar surface area (TPSA) is 117 Å². The van der Waals surface area contributed by atoms with Gasteiger partial charge in [-0.15, -0.1) is 0 Å². The molecule has 8 nitrogen and oxygen atoms in total. The van der Waals surface area contributed by atoms with Crippen molar-refractivity contribution in [3.63, 3.8) is 0 Å². The Balaban J connectivity index is 1.47. The number of hydrogen-bond donors (Lipinski definition) is 2. The summed E-state index contributed by atoms with van der Waals surface area (Å²) in [7, 11) is 0. The number of carbonyl (C=O) groups is 3. The third kappa shape index (κ3) is 7.73. The molecule has 0 aliphatic heterocycles. The molecular formula is C27H33N2O6-. The van der Waals surface area contributed by atoms with Crippen molar-refractivity contribution in [2.75, 3.05) is 13.2 Å². The number of alkyl carbamates (subject to hydrolysis) is 2. The number of carbonyl (C=O) groups excluding carboxylic acids is 3. The van der Waals surface area contributed by atoms with Crippen LogP contribution in [0.2, 0.25) is 0 Å². The zero-order chi connectivity index (χ0) is 25.4.